The first-order chi connectivity index (χ1) is 3.93. The summed E-state index contributed by atoms with van der Waals surface area (Å²) in [6, 6.07) is 10.0. The minimum atomic E-state index is 0. The third kappa shape index (κ3) is 6.01. The molecule has 0 aliphatic carbocycles. The molecule has 0 saturated heterocycles. The quantitative estimate of drug-likeness (QED) is 0.600. The summed E-state index contributed by atoms with van der Waals surface area (Å²) in [6.45, 7) is 3.63. The van der Waals surface area contributed by atoms with Gasteiger partial charge in [-0.1, -0.05) is 43.0 Å². The molecule has 11 heavy (non-hydrogen) atoms. The van der Waals surface area contributed by atoms with Gasteiger partial charge < -0.3 is 11.0 Å². The van der Waals surface area contributed by atoms with E-state index in [0.29, 0.717) is 0 Å². The Bertz CT molecular complexity index is 175. The number of benzene rings is 1. The molecule has 0 heterocycles. The first kappa shape index (κ1) is 16.9. The van der Waals surface area contributed by atoms with Crippen LogP contribution in [0.25, 0.3) is 6.08 Å². The summed E-state index contributed by atoms with van der Waals surface area (Å²) in [4.78, 5) is 0. The molecular formula is C8H8O2Ti. The third-order valence-corrected chi connectivity index (χ3v) is 1.04. The van der Waals surface area contributed by atoms with Gasteiger partial charge in [0.25, 0.3) is 0 Å². The molecule has 1 rings (SSSR count). The Kier molecular flexibility index (Phi) is 14.7. The zero-order valence-corrected chi connectivity index (χ0v) is 7.55. The van der Waals surface area contributed by atoms with Gasteiger partial charge in [0.15, 0.2) is 0 Å². The summed E-state index contributed by atoms with van der Waals surface area (Å²) < 4.78 is 0. The molecule has 2 nitrogen and oxygen atoms in total. The monoisotopic (exact) mass is 184 g/mol. The van der Waals surface area contributed by atoms with Crippen molar-refractivity contribution < 1.29 is 32.7 Å². The van der Waals surface area contributed by atoms with Crippen molar-refractivity contribution in [3.05, 3.63) is 42.5 Å². The van der Waals surface area contributed by atoms with Gasteiger partial charge in [-0.2, -0.15) is 0 Å². The molecule has 0 bridgehead atoms. The Morgan fingerprint density at radius 2 is 1.45 bits per heavy atom. The zero-order valence-electron chi connectivity index (χ0n) is 5.99. The predicted molar refractivity (Wildman–Crippen MR) is 37.9 cm³/mol. The molecule has 1 aromatic carbocycles. The van der Waals surface area contributed by atoms with Crippen molar-refractivity contribution in [2.24, 2.45) is 0 Å². The minimum Gasteiger partial charge on any atom is -2.00 e. The smallest absolute Gasteiger partial charge is 2.00 e. The van der Waals surface area contributed by atoms with Gasteiger partial charge in [-0.3, -0.25) is 0 Å². The van der Waals surface area contributed by atoms with E-state index in [4.69, 9.17) is 0 Å². The van der Waals surface area contributed by atoms with Crippen LogP contribution < -0.4 is 0 Å². The van der Waals surface area contributed by atoms with Gasteiger partial charge >= 0.3 is 21.7 Å². The summed E-state index contributed by atoms with van der Waals surface area (Å²) in [5, 5.41) is 0. The van der Waals surface area contributed by atoms with Crippen molar-refractivity contribution >= 4 is 6.08 Å². The van der Waals surface area contributed by atoms with Crippen molar-refractivity contribution in [1.29, 1.82) is 0 Å². The topological polar surface area (TPSA) is 57.0 Å². The Morgan fingerprint density at radius 3 is 1.73 bits per heavy atom. The van der Waals surface area contributed by atoms with Crippen LogP contribution in [0.4, 0.5) is 0 Å². The number of hydrogen-bond donors (Lipinski definition) is 0. The molecule has 0 spiro atoms. The summed E-state index contributed by atoms with van der Waals surface area (Å²) in [7, 11) is 0. The van der Waals surface area contributed by atoms with E-state index < -0.39 is 0 Å². The van der Waals surface area contributed by atoms with E-state index >= 15 is 0 Å². The van der Waals surface area contributed by atoms with Crippen LogP contribution in [0.2, 0.25) is 0 Å². The van der Waals surface area contributed by atoms with Gasteiger partial charge in [0.1, 0.15) is 0 Å². The molecule has 1 aromatic rings. The molecule has 0 N–H and O–H groups in total. The molecule has 0 amide bonds. The number of hydrogen-bond acceptors (Lipinski definition) is 0. The van der Waals surface area contributed by atoms with Crippen LogP contribution in [0, 0.1) is 0 Å². The van der Waals surface area contributed by atoms with Crippen molar-refractivity contribution in [3.8, 4) is 0 Å². The summed E-state index contributed by atoms with van der Waals surface area (Å²) in [6.07, 6.45) is 1.83. The maximum absolute atomic E-state index is 3.63. The van der Waals surface area contributed by atoms with Crippen molar-refractivity contribution in [1.82, 2.24) is 0 Å². The van der Waals surface area contributed by atoms with Crippen LogP contribution in [0.3, 0.4) is 0 Å². The molecule has 0 aromatic heterocycles. The van der Waals surface area contributed by atoms with E-state index in [9.17, 15) is 0 Å². The molecule has 0 fully saturated rings. The normalized spacial score (nSPS) is 6.18. The molecule has 0 atom stereocenters. The first-order valence-electron chi connectivity index (χ1n) is 2.61. The van der Waals surface area contributed by atoms with E-state index in [0.717, 1.165) is 0 Å². The molecule has 0 radical (unpaired) electrons. The van der Waals surface area contributed by atoms with Gasteiger partial charge in [0.2, 0.25) is 0 Å². The average molecular weight is 184 g/mol. The van der Waals surface area contributed by atoms with Gasteiger partial charge in [-0.15, -0.1) is 0 Å². The van der Waals surface area contributed by atoms with E-state index in [2.05, 4.69) is 6.58 Å². The largest absolute Gasteiger partial charge is 4.00 e. The van der Waals surface area contributed by atoms with Gasteiger partial charge in [-0.25, -0.2) is 0 Å². The van der Waals surface area contributed by atoms with E-state index in [1.807, 2.05) is 36.4 Å². The van der Waals surface area contributed by atoms with Crippen LogP contribution in [0.1, 0.15) is 5.56 Å². The summed E-state index contributed by atoms with van der Waals surface area (Å²) >= 11 is 0. The maximum atomic E-state index is 3.63. The van der Waals surface area contributed by atoms with Crippen LogP contribution in [-0.4, -0.2) is 0 Å². The molecule has 0 unspecified atom stereocenters. The van der Waals surface area contributed by atoms with E-state index in [1.165, 1.54) is 5.56 Å². The van der Waals surface area contributed by atoms with Gasteiger partial charge in [0.05, 0.1) is 0 Å². The van der Waals surface area contributed by atoms with Crippen molar-refractivity contribution in [3.63, 3.8) is 0 Å². The molecular weight excluding hydrogens is 176 g/mol. The van der Waals surface area contributed by atoms with Crippen molar-refractivity contribution in [2.75, 3.05) is 0 Å². The SMILES string of the molecule is C=Cc1ccccc1.[O-2].[O-2].[Ti+4]. The summed E-state index contributed by atoms with van der Waals surface area (Å²) in [5.74, 6) is 0. The standard InChI is InChI=1S/C8H8.2O.Ti/c1-2-8-6-4-3-5-7-8;;;/h2-7H,1H2;;;/q;2*-2;+4. The summed E-state index contributed by atoms with van der Waals surface area (Å²) in [5.41, 5.74) is 1.17. The Balaban J connectivity index is -0.000000213. The predicted octanol–water partition coefficient (Wildman–Crippen LogP) is 2.09. The average Bonchev–Trinajstić information content (AvgIpc) is 1.90. The van der Waals surface area contributed by atoms with Crippen LogP contribution in [-0.2, 0) is 32.7 Å². The van der Waals surface area contributed by atoms with E-state index in [1.54, 1.807) is 0 Å². The second-order valence-electron chi connectivity index (χ2n) is 1.61. The molecule has 3 heteroatoms. The van der Waals surface area contributed by atoms with Crippen LogP contribution >= 0.6 is 0 Å². The Hall–Kier alpha value is -0.406. The fourth-order valence-electron chi connectivity index (χ4n) is 0.589. The van der Waals surface area contributed by atoms with E-state index in [-0.39, 0.29) is 32.7 Å². The number of rotatable bonds is 1. The zero-order chi connectivity index (χ0) is 5.82. The fourth-order valence-corrected chi connectivity index (χ4v) is 0.589. The van der Waals surface area contributed by atoms with Gasteiger partial charge in [0, 0.05) is 0 Å². The first-order valence-corrected chi connectivity index (χ1v) is 2.61. The minimum absolute atomic E-state index is 0. The second-order valence-corrected chi connectivity index (χ2v) is 1.61. The van der Waals surface area contributed by atoms with Crippen LogP contribution in [0.5, 0.6) is 0 Å². The third-order valence-electron chi connectivity index (χ3n) is 1.04. The molecule has 0 aliphatic heterocycles. The fraction of sp³-hybridized carbons (Fsp3) is 0. The van der Waals surface area contributed by atoms with Crippen molar-refractivity contribution in [2.45, 2.75) is 0 Å². The Morgan fingerprint density at radius 1 is 1.00 bits per heavy atom. The van der Waals surface area contributed by atoms with Gasteiger partial charge in [-0.05, 0) is 5.56 Å². The Labute approximate surface area is 81.4 Å². The second kappa shape index (κ2) is 9.59. The van der Waals surface area contributed by atoms with Crippen LogP contribution in [0.15, 0.2) is 36.9 Å². The molecule has 56 valence electrons. The molecule has 0 aliphatic rings. The molecule has 0 saturated carbocycles. The maximum Gasteiger partial charge on any atom is 4.00 e.